The molecular weight excluding hydrogens is 260 g/mol. The molecule has 0 saturated carbocycles. The minimum absolute atomic E-state index is 0.131. The Labute approximate surface area is 116 Å². The van der Waals surface area contributed by atoms with Gasteiger partial charge in [0.1, 0.15) is 11.5 Å². The quantitative estimate of drug-likeness (QED) is 0.780. The summed E-state index contributed by atoms with van der Waals surface area (Å²) in [4.78, 5) is 19.1. The first-order valence-corrected chi connectivity index (χ1v) is 6.04. The van der Waals surface area contributed by atoms with Crippen molar-refractivity contribution in [2.45, 2.75) is 6.92 Å². The van der Waals surface area contributed by atoms with Gasteiger partial charge in [-0.3, -0.25) is 0 Å². The van der Waals surface area contributed by atoms with Gasteiger partial charge in [0.25, 0.3) is 0 Å². The first-order valence-electron chi connectivity index (χ1n) is 6.04. The number of benzene rings is 1. The number of hydrogen-bond donors (Lipinski definition) is 0. The SMILES string of the molecule is CCOc1ccc(Oc2cnc(C(=O)OC)cn2)cc1. The van der Waals surface area contributed by atoms with Crippen molar-refractivity contribution in [2.75, 3.05) is 13.7 Å². The Morgan fingerprint density at radius 3 is 2.35 bits per heavy atom. The first kappa shape index (κ1) is 13.8. The molecule has 0 saturated heterocycles. The third-order valence-electron chi connectivity index (χ3n) is 2.38. The number of rotatable bonds is 5. The van der Waals surface area contributed by atoms with Crippen molar-refractivity contribution in [1.82, 2.24) is 9.97 Å². The Bertz CT molecular complexity index is 567. The molecule has 0 aliphatic carbocycles. The molecule has 2 rings (SSSR count). The number of hydrogen-bond acceptors (Lipinski definition) is 6. The molecule has 0 unspecified atom stereocenters. The summed E-state index contributed by atoms with van der Waals surface area (Å²) in [5, 5.41) is 0. The van der Waals surface area contributed by atoms with Crippen LogP contribution in [0.4, 0.5) is 0 Å². The average Bonchev–Trinajstić information content (AvgIpc) is 2.49. The van der Waals surface area contributed by atoms with E-state index in [0.717, 1.165) is 5.75 Å². The Kier molecular flexibility index (Phi) is 4.49. The largest absolute Gasteiger partial charge is 0.494 e. The standard InChI is InChI=1S/C14H14N2O4/c1-3-19-10-4-6-11(7-5-10)20-13-9-15-12(8-16-13)14(17)18-2/h4-9H,3H2,1-2H3. The molecule has 2 aromatic rings. The summed E-state index contributed by atoms with van der Waals surface area (Å²) < 4.78 is 15.4. The summed E-state index contributed by atoms with van der Waals surface area (Å²) in [7, 11) is 1.29. The Hall–Kier alpha value is -2.63. The number of carbonyl (C=O) groups is 1. The summed E-state index contributed by atoms with van der Waals surface area (Å²) in [5.74, 6) is 1.13. The van der Waals surface area contributed by atoms with Gasteiger partial charge in [0.15, 0.2) is 5.69 Å². The molecule has 0 aliphatic heterocycles. The number of nitrogens with zero attached hydrogens (tertiary/aromatic N) is 2. The van der Waals surface area contributed by atoms with E-state index in [1.807, 2.05) is 6.92 Å². The lowest BCUT2D eigenvalue weighted by molar-refractivity contribution is 0.0593. The second-order valence-electron chi connectivity index (χ2n) is 3.74. The predicted octanol–water partition coefficient (Wildman–Crippen LogP) is 2.45. The minimum Gasteiger partial charge on any atom is -0.494 e. The molecule has 6 heteroatoms. The van der Waals surface area contributed by atoms with E-state index in [-0.39, 0.29) is 5.69 Å². The number of aromatic nitrogens is 2. The zero-order valence-electron chi connectivity index (χ0n) is 11.2. The van der Waals surface area contributed by atoms with E-state index < -0.39 is 5.97 Å². The van der Waals surface area contributed by atoms with Crippen molar-refractivity contribution in [3.05, 3.63) is 42.4 Å². The summed E-state index contributed by atoms with van der Waals surface area (Å²) in [6.07, 6.45) is 2.67. The van der Waals surface area contributed by atoms with Gasteiger partial charge in [-0.05, 0) is 31.2 Å². The van der Waals surface area contributed by atoms with Crippen LogP contribution in [0.25, 0.3) is 0 Å². The molecular formula is C14H14N2O4. The van der Waals surface area contributed by atoms with E-state index >= 15 is 0 Å². The van der Waals surface area contributed by atoms with Gasteiger partial charge < -0.3 is 14.2 Å². The molecule has 0 fully saturated rings. The van der Waals surface area contributed by atoms with Crippen LogP contribution in [-0.2, 0) is 4.74 Å². The van der Waals surface area contributed by atoms with Crippen molar-refractivity contribution in [2.24, 2.45) is 0 Å². The number of methoxy groups -OCH3 is 1. The van der Waals surface area contributed by atoms with Gasteiger partial charge in [-0.1, -0.05) is 0 Å². The lowest BCUT2D eigenvalue weighted by atomic mass is 10.3. The Morgan fingerprint density at radius 2 is 1.80 bits per heavy atom. The van der Waals surface area contributed by atoms with Crippen LogP contribution in [-0.4, -0.2) is 29.7 Å². The van der Waals surface area contributed by atoms with Crippen LogP contribution in [0, 0.1) is 0 Å². The van der Waals surface area contributed by atoms with Gasteiger partial charge in [-0.2, -0.15) is 0 Å². The normalized spacial score (nSPS) is 9.90. The lowest BCUT2D eigenvalue weighted by Gasteiger charge is -2.06. The van der Waals surface area contributed by atoms with Crippen LogP contribution in [0.2, 0.25) is 0 Å². The fraction of sp³-hybridized carbons (Fsp3) is 0.214. The van der Waals surface area contributed by atoms with Gasteiger partial charge in [0.05, 0.1) is 26.1 Å². The summed E-state index contributed by atoms with van der Waals surface area (Å²) in [5.41, 5.74) is 0.131. The second kappa shape index (κ2) is 6.51. The van der Waals surface area contributed by atoms with Crippen molar-refractivity contribution in [3.63, 3.8) is 0 Å². The third kappa shape index (κ3) is 3.44. The highest BCUT2D eigenvalue weighted by atomic mass is 16.5. The molecule has 1 aromatic heterocycles. The monoisotopic (exact) mass is 274 g/mol. The Morgan fingerprint density at radius 1 is 1.10 bits per heavy atom. The van der Waals surface area contributed by atoms with Crippen LogP contribution < -0.4 is 9.47 Å². The smallest absolute Gasteiger partial charge is 0.358 e. The van der Waals surface area contributed by atoms with E-state index in [0.29, 0.717) is 18.2 Å². The molecule has 0 atom stereocenters. The highest BCUT2D eigenvalue weighted by Crippen LogP contribution is 2.21. The minimum atomic E-state index is -0.537. The second-order valence-corrected chi connectivity index (χ2v) is 3.74. The van der Waals surface area contributed by atoms with Gasteiger partial charge in [0, 0.05) is 0 Å². The summed E-state index contributed by atoms with van der Waals surface area (Å²) >= 11 is 0. The molecule has 0 radical (unpaired) electrons. The molecule has 0 aliphatic rings. The van der Waals surface area contributed by atoms with Crippen LogP contribution in [0.15, 0.2) is 36.7 Å². The maximum atomic E-state index is 11.2. The maximum Gasteiger partial charge on any atom is 0.358 e. The third-order valence-corrected chi connectivity index (χ3v) is 2.38. The average molecular weight is 274 g/mol. The van der Waals surface area contributed by atoms with E-state index in [1.54, 1.807) is 24.3 Å². The van der Waals surface area contributed by atoms with Gasteiger partial charge in [-0.15, -0.1) is 0 Å². The fourth-order valence-corrected chi connectivity index (χ4v) is 1.47. The van der Waals surface area contributed by atoms with Crippen molar-refractivity contribution in [3.8, 4) is 17.4 Å². The maximum absolute atomic E-state index is 11.2. The number of carbonyl (C=O) groups excluding carboxylic acids is 1. The molecule has 104 valence electrons. The highest BCUT2D eigenvalue weighted by Gasteiger charge is 2.08. The molecule has 0 bridgehead atoms. The number of ether oxygens (including phenoxy) is 3. The molecule has 0 N–H and O–H groups in total. The summed E-state index contributed by atoms with van der Waals surface area (Å²) in [6, 6.07) is 7.13. The van der Waals surface area contributed by atoms with Gasteiger partial charge in [0.2, 0.25) is 5.88 Å². The zero-order chi connectivity index (χ0) is 14.4. The van der Waals surface area contributed by atoms with Gasteiger partial charge >= 0.3 is 5.97 Å². The van der Waals surface area contributed by atoms with E-state index in [1.165, 1.54) is 19.5 Å². The highest BCUT2D eigenvalue weighted by molar-refractivity contribution is 5.86. The molecule has 6 nitrogen and oxygen atoms in total. The molecule has 0 spiro atoms. The summed E-state index contributed by atoms with van der Waals surface area (Å²) in [6.45, 7) is 2.53. The zero-order valence-corrected chi connectivity index (χ0v) is 11.2. The lowest BCUT2D eigenvalue weighted by Crippen LogP contribution is -2.04. The molecule has 0 amide bonds. The van der Waals surface area contributed by atoms with Crippen LogP contribution in [0.5, 0.6) is 17.4 Å². The predicted molar refractivity (Wildman–Crippen MR) is 71.1 cm³/mol. The van der Waals surface area contributed by atoms with Gasteiger partial charge in [-0.25, -0.2) is 14.8 Å². The fourth-order valence-electron chi connectivity index (χ4n) is 1.47. The molecule has 1 heterocycles. The van der Waals surface area contributed by atoms with Crippen molar-refractivity contribution < 1.29 is 19.0 Å². The molecule has 1 aromatic carbocycles. The van der Waals surface area contributed by atoms with E-state index in [2.05, 4.69) is 14.7 Å². The molecule has 20 heavy (non-hydrogen) atoms. The van der Waals surface area contributed by atoms with Crippen LogP contribution in [0.1, 0.15) is 17.4 Å². The van der Waals surface area contributed by atoms with Crippen molar-refractivity contribution in [1.29, 1.82) is 0 Å². The Balaban J connectivity index is 2.04. The topological polar surface area (TPSA) is 70.5 Å². The first-order chi connectivity index (χ1) is 9.72. The van der Waals surface area contributed by atoms with Crippen LogP contribution in [0.3, 0.4) is 0 Å². The van der Waals surface area contributed by atoms with E-state index in [9.17, 15) is 4.79 Å². The number of esters is 1. The van der Waals surface area contributed by atoms with E-state index in [4.69, 9.17) is 9.47 Å². The van der Waals surface area contributed by atoms with Crippen molar-refractivity contribution >= 4 is 5.97 Å². The van der Waals surface area contributed by atoms with Crippen LogP contribution >= 0.6 is 0 Å².